The van der Waals surface area contributed by atoms with E-state index in [-0.39, 0.29) is 5.91 Å². The van der Waals surface area contributed by atoms with Crippen molar-refractivity contribution in [1.29, 1.82) is 0 Å². The standard InChI is InChI=1S/C9H12N2OS2/c12-8-7(14-9(13)10-8)6-11-4-2-1-3-5-11/h6H,1-5H2,(H,10,12,13). The number of likely N-dealkylation sites (tertiary alicyclic amines) is 1. The number of rotatable bonds is 1. The van der Waals surface area contributed by atoms with Gasteiger partial charge < -0.3 is 10.2 Å². The van der Waals surface area contributed by atoms with Crippen LogP contribution in [-0.2, 0) is 4.79 Å². The Morgan fingerprint density at radius 1 is 1.36 bits per heavy atom. The summed E-state index contributed by atoms with van der Waals surface area (Å²) >= 11 is 6.27. The molecule has 2 rings (SSSR count). The van der Waals surface area contributed by atoms with Crippen molar-refractivity contribution < 1.29 is 4.79 Å². The summed E-state index contributed by atoms with van der Waals surface area (Å²) in [7, 11) is 0. The van der Waals surface area contributed by atoms with E-state index in [1.807, 2.05) is 6.20 Å². The van der Waals surface area contributed by atoms with Gasteiger partial charge in [0.15, 0.2) is 0 Å². The molecular formula is C9H12N2OS2. The Kier molecular flexibility index (Phi) is 3.08. The van der Waals surface area contributed by atoms with Gasteiger partial charge in [0.25, 0.3) is 5.91 Å². The Hall–Kier alpha value is -0.550. The molecule has 0 spiro atoms. The maximum atomic E-state index is 11.3. The van der Waals surface area contributed by atoms with E-state index >= 15 is 0 Å². The fourth-order valence-corrected chi connectivity index (χ4v) is 2.68. The molecule has 0 aromatic heterocycles. The minimum atomic E-state index is -0.0504. The van der Waals surface area contributed by atoms with Crippen LogP contribution in [0.2, 0.25) is 0 Å². The van der Waals surface area contributed by atoms with Gasteiger partial charge in [-0.2, -0.15) is 0 Å². The molecule has 2 fully saturated rings. The average molecular weight is 228 g/mol. The number of nitrogens with zero attached hydrogens (tertiary/aromatic N) is 1. The van der Waals surface area contributed by atoms with Crippen molar-refractivity contribution in [2.45, 2.75) is 19.3 Å². The lowest BCUT2D eigenvalue weighted by molar-refractivity contribution is -0.115. The van der Waals surface area contributed by atoms with Crippen LogP contribution in [0.3, 0.4) is 0 Å². The molecule has 76 valence electrons. The number of hydrogen-bond acceptors (Lipinski definition) is 4. The largest absolute Gasteiger partial charge is 0.376 e. The van der Waals surface area contributed by atoms with Gasteiger partial charge >= 0.3 is 0 Å². The number of nitrogens with one attached hydrogen (secondary N) is 1. The number of hydrogen-bond donors (Lipinski definition) is 1. The number of carbonyl (C=O) groups is 1. The molecule has 2 heterocycles. The number of piperidine rings is 1. The first-order chi connectivity index (χ1) is 6.75. The number of thioether (sulfide) groups is 1. The second-order valence-corrected chi connectivity index (χ2v) is 5.15. The highest BCUT2D eigenvalue weighted by Crippen LogP contribution is 2.24. The molecule has 0 aliphatic carbocycles. The van der Waals surface area contributed by atoms with E-state index < -0.39 is 0 Å². The number of amides is 1. The Morgan fingerprint density at radius 2 is 2.07 bits per heavy atom. The summed E-state index contributed by atoms with van der Waals surface area (Å²) in [4.78, 5) is 14.3. The van der Waals surface area contributed by atoms with Gasteiger partial charge in [0.2, 0.25) is 0 Å². The first-order valence-electron chi connectivity index (χ1n) is 4.75. The smallest absolute Gasteiger partial charge is 0.265 e. The van der Waals surface area contributed by atoms with Crippen molar-refractivity contribution in [3.05, 3.63) is 11.1 Å². The molecule has 2 aliphatic heterocycles. The quantitative estimate of drug-likeness (QED) is 0.544. The van der Waals surface area contributed by atoms with E-state index in [9.17, 15) is 4.79 Å². The van der Waals surface area contributed by atoms with Crippen LogP contribution in [0.4, 0.5) is 0 Å². The molecule has 0 atom stereocenters. The van der Waals surface area contributed by atoms with Crippen LogP contribution in [-0.4, -0.2) is 28.2 Å². The second-order valence-electron chi connectivity index (χ2n) is 3.43. The molecule has 0 unspecified atom stereocenters. The van der Waals surface area contributed by atoms with Crippen LogP contribution in [0.1, 0.15) is 19.3 Å². The van der Waals surface area contributed by atoms with Crippen LogP contribution in [0, 0.1) is 0 Å². The molecular weight excluding hydrogens is 216 g/mol. The Balaban J connectivity index is 2.02. The highest BCUT2D eigenvalue weighted by atomic mass is 32.2. The predicted octanol–water partition coefficient (Wildman–Crippen LogP) is 1.46. The normalized spacial score (nSPS) is 25.7. The third-order valence-corrected chi connectivity index (χ3v) is 3.48. The lowest BCUT2D eigenvalue weighted by Gasteiger charge is -2.25. The highest BCUT2D eigenvalue weighted by Gasteiger charge is 2.23. The van der Waals surface area contributed by atoms with Crippen molar-refractivity contribution in [1.82, 2.24) is 10.2 Å². The zero-order chi connectivity index (χ0) is 9.97. The molecule has 2 saturated heterocycles. The van der Waals surface area contributed by atoms with Gasteiger partial charge in [-0.1, -0.05) is 24.0 Å². The Morgan fingerprint density at radius 3 is 2.64 bits per heavy atom. The molecule has 1 amide bonds. The predicted molar refractivity (Wildman–Crippen MR) is 61.8 cm³/mol. The summed E-state index contributed by atoms with van der Waals surface area (Å²) in [6, 6.07) is 0. The molecule has 0 aromatic rings. The van der Waals surface area contributed by atoms with Gasteiger partial charge in [-0.05, 0) is 19.3 Å². The average Bonchev–Trinajstić information content (AvgIpc) is 2.47. The number of thiocarbonyl (C=S) groups is 1. The molecule has 0 radical (unpaired) electrons. The third-order valence-electron chi connectivity index (χ3n) is 2.33. The second kappa shape index (κ2) is 4.31. The van der Waals surface area contributed by atoms with Crippen LogP contribution >= 0.6 is 24.0 Å². The van der Waals surface area contributed by atoms with Crippen LogP contribution in [0.5, 0.6) is 0 Å². The SMILES string of the molecule is O=C1NC(=S)SC1=CN1CCCCC1. The van der Waals surface area contributed by atoms with Crippen LogP contribution < -0.4 is 5.32 Å². The van der Waals surface area contributed by atoms with Crippen LogP contribution in [0.25, 0.3) is 0 Å². The molecule has 0 aromatic carbocycles. The minimum Gasteiger partial charge on any atom is -0.376 e. The monoisotopic (exact) mass is 228 g/mol. The minimum absolute atomic E-state index is 0.0504. The van der Waals surface area contributed by atoms with Gasteiger partial charge in [0, 0.05) is 19.3 Å². The zero-order valence-electron chi connectivity index (χ0n) is 7.78. The first kappa shape index (κ1) is 9.98. The van der Waals surface area contributed by atoms with E-state index in [1.165, 1.54) is 31.0 Å². The maximum absolute atomic E-state index is 11.3. The summed E-state index contributed by atoms with van der Waals surface area (Å²) in [5, 5.41) is 2.62. The summed E-state index contributed by atoms with van der Waals surface area (Å²) in [5.41, 5.74) is 0. The van der Waals surface area contributed by atoms with Crippen molar-refractivity contribution in [2.75, 3.05) is 13.1 Å². The van der Waals surface area contributed by atoms with Gasteiger partial charge in [-0.25, -0.2) is 0 Å². The topological polar surface area (TPSA) is 32.3 Å². The van der Waals surface area contributed by atoms with E-state index in [1.54, 1.807) is 0 Å². The number of carbonyl (C=O) groups excluding carboxylic acids is 1. The van der Waals surface area contributed by atoms with Gasteiger partial charge in [0.05, 0.1) is 4.91 Å². The van der Waals surface area contributed by atoms with Crippen molar-refractivity contribution in [3.63, 3.8) is 0 Å². The molecule has 5 heteroatoms. The lowest BCUT2D eigenvalue weighted by Crippen LogP contribution is -2.25. The molecule has 0 saturated carbocycles. The van der Waals surface area contributed by atoms with Gasteiger partial charge in [-0.15, -0.1) is 0 Å². The van der Waals surface area contributed by atoms with Crippen molar-refractivity contribution >= 4 is 34.2 Å². The summed E-state index contributed by atoms with van der Waals surface area (Å²) in [6.07, 6.45) is 5.69. The lowest BCUT2D eigenvalue weighted by atomic mass is 10.1. The first-order valence-corrected chi connectivity index (χ1v) is 5.97. The molecule has 14 heavy (non-hydrogen) atoms. The Labute approximate surface area is 92.9 Å². The van der Waals surface area contributed by atoms with E-state index in [0.29, 0.717) is 4.32 Å². The van der Waals surface area contributed by atoms with Crippen molar-refractivity contribution in [3.8, 4) is 0 Å². The fraction of sp³-hybridized carbons (Fsp3) is 0.556. The molecule has 1 N–H and O–H groups in total. The summed E-state index contributed by atoms with van der Waals surface area (Å²) in [6.45, 7) is 2.12. The Bertz CT molecular complexity index is 295. The summed E-state index contributed by atoms with van der Waals surface area (Å²) < 4.78 is 0.568. The fourth-order valence-electron chi connectivity index (χ4n) is 1.62. The van der Waals surface area contributed by atoms with Gasteiger partial charge in [-0.3, -0.25) is 4.79 Å². The maximum Gasteiger partial charge on any atom is 0.265 e. The molecule has 3 nitrogen and oxygen atoms in total. The van der Waals surface area contributed by atoms with Crippen molar-refractivity contribution in [2.24, 2.45) is 0 Å². The van der Waals surface area contributed by atoms with Crippen LogP contribution in [0.15, 0.2) is 11.1 Å². The molecule has 0 bridgehead atoms. The van der Waals surface area contributed by atoms with E-state index in [4.69, 9.17) is 12.2 Å². The van der Waals surface area contributed by atoms with E-state index in [2.05, 4.69) is 10.2 Å². The van der Waals surface area contributed by atoms with Gasteiger partial charge in [0.1, 0.15) is 4.32 Å². The summed E-state index contributed by atoms with van der Waals surface area (Å²) in [5.74, 6) is -0.0504. The molecule has 2 aliphatic rings. The third kappa shape index (κ3) is 2.27. The highest BCUT2D eigenvalue weighted by molar-refractivity contribution is 8.26. The van der Waals surface area contributed by atoms with E-state index in [0.717, 1.165) is 18.0 Å². The zero-order valence-corrected chi connectivity index (χ0v) is 9.42.